The van der Waals surface area contributed by atoms with Crippen molar-refractivity contribution in [2.24, 2.45) is 10.7 Å². The Balaban J connectivity index is 1.64. The van der Waals surface area contributed by atoms with E-state index in [0.717, 1.165) is 21.6 Å². The number of aliphatic imine (C=N–C) groups is 1. The molecule has 0 bridgehead atoms. The molecule has 0 spiro atoms. The van der Waals surface area contributed by atoms with Gasteiger partial charge in [0, 0.05) is 26.1 Å². The van der Waals surface area contributed by atoms with Gasteiger partial charge in [-0.25, -0.2) is 4.99 Å². The van der Waals surface area contributed by atoms with Gasteiger partial charge in [-0.2, -0.15) is 0 Å². The standard InChI is InChI=1S/C25H20Cl2N4OS/c26-19-10-6-16(7-11-19)22-14-18(15-29-25(28)31-33-21-4-2-1-3-5-21)24(32)30-23(22)17-8-12-20(27)13-9-17/h1-14H,15H2,(H,30,32)(H3,28,29,31). The second kappa shape index (κ2) is 10.6. The number of aromatic nitrogens is 1. The van der Waals surface area contributed by atoms with Gasteiger partial charge in [0.05, 0.1) is 12.2 Å². The molecule has 8 heteroatoms. The Kier molecular flexibility index (Phi) is 7.40. The van der Waals surface area contributed by atoms with Gasteiger partial charge in [0.2, 0.25) is 0 Å². The summed E-state index contributed by atoms with van der Waals surface area (Å²) in [6, 6.07) is 26.4. The molecule has 1 heterocycles. The maximum atomic E-state index is 12.9. The van der Waals surface area contributed by atoms with E-state index in [1.807, 2.05) is 72.8 Å². The number of nitrogens with two attached hydrogens (primary N) is 1. The van der Waals surface area contributed by atoms with Gasteiger partial charge in [0.15, 0.2) is 5.96 Å². The summed E-state index contributed by atoms with van der Waals surface area (Å²) < 4.78 is 2.99. The number of guanidine groups is 1. The number of hydrogen-bond donors (Lipinski definition) is 3. The molecule has 33 heavy (non-hydrogen) atoms. The zero-order valence-electron chi connectivity index (χ0n) is 17.4. The Morgan fingerprint density at radius 2 is 1.52 bits per heavy atom. The lowest BCUT2D eigenvalue weighted by atomic mass is 9.98. The molecule has 4 rings (SSSR count). The number of nitrogens with one attached hydrogen (secondary N) is 2. The van der Waals surface area contributed by atoms with E-state index in [4.69, 9.17) is 28.9 Å². The van der Waals surface area contributed by atoms with Crippen molar-refractivity contribution in [2.45, 2.75) is 11.4 Å². The van der Waals surface area contributed by atoms with Crippen LogP contribution in [0.5, 0.6) is 0 Å². The predicted octanol–water partition coefficient (Wildman–Crippen LogP) is 6.13. The van der Waals surface area contributed by atoms with E-state index in [2.05, 4.69) is 14.7 Å². The predicted molar refractivity (Wildman–Crippen MR) is 139 cm³/mol. The number of H-pyrrole nitrogens is 1. The zero-order valence-corrected chi connectivity index (χ0v) is 19.7. The summed E-state index contributed by atoms with van der Waals surface area (Å²) in [6.07, 6.45) is 0. The minimum absolute atomic E-state index is 0.130. The average molecular weight is 495 g/mol. The van der Waals surface area contributed by atoms with E-state index in [1.165, 1.54) is 11.9 Å². The second-order valence-electron chi connectivity index (χ2n) is 7.14. The van der Waals surface area contributed by atoms with Crippen LogP contribution in [0.2, 0.25) is 10.0 Å². The van der Waals surface area contributed by atoms with Gasteiger partial charge in [-0.15, -0.1) is 0 Å². The molecule has 4 N–H and O–H groups in total. The lowest BCUT2D eigenvalue weighted by molar-refractivity contribution is 1.00. The molecule has 0 amide bonds. The average Bonchev–Trinajstić information content (AvgIpc) is 2.83. The number of rotatable bonds is 6. The van der Waals surface area contributed by atoms with E-state index in [0.29, 0.717) is 21.3 Å². The van der Waals surface area contributed by atoms with E-state index >= 15 is 0 Å². The van der Waals surface area contributed by atoms with E-state index in [-0.39, 0.29) is 18.1 Å². The van der Waals surface area contributed by atoms with Gasteiger partial charge in [-0.05, 0) is 65.5 Å². The van der Waals surface area contributed by atoms with Crippen molar-refractivity contribution >= 4 is 41.1 Å². The smallest absolute Gasteiger partial charge is 0.253 e. The molecule has 0 radical (unpaired) electrons. The van der Waals surface area contributed by atoms with Gasteiger partial charge in [-0.3, -0.25) is 9.52 Å². The van der Waals surface area contributed by atoms with Gasteiger partial charge in [-0.1, -0.05) is 65.7 Å². The van der Waals surface area contributed by atoms with Gasteiger partial charge in [0.25, 0.3) is 5.56 Å². The highest BCUT2D eigenvalue weighted by Gasteiger charge is 2.13. The molecule has 3 aromatic carbocycles. The van der Waals surface area contributed by atoms with Crippen molar-refractivity contribution in [3.63, 3.8) is 0 Å². The van der Waals surface area contributed by atoms with Crippen LogP contribution < -0.4 is 16.0 Å². The molecular formula is C25H20Cl2N4OS. The first-order valence-electron chi connectivity index (χ1n) is 10.1. The van der Waals surface area contributed by atoms with E-state index in [1.54, 1.807) is 12.1 Å². The van der Waals surface area contributed by atoms with Crippen molar-refractivity contribution in [1.29, 1.82) is 0 Å². The maximum Gasteiger partial charge on any atom is 0.253 e. The van der Waals surface area contributed by atoms with Crippen LogP contribution in [-0.2, 0) is 6.54 Å². The Morgan fingerprint density at radius 3 is 2.15 bits per heavy atom. The summed E-state index contributed by atoms with van der Waals surface area (Å²) in [7, 11) is 0. The first-order valence-corrected chi connectivity index (χ1v) is 11.6. The number of hydrogen-bond acceptors (Lipinski definition) is 3. The minimum Gasteiger partial charge on any atom is -0.369 e. The van der Waals surface area contributed by atoms with Gasteiger partial charge >= 0.3 is 0 Å². The van der Waals surface area contributed by atoms with Crippen LogP contribution in [0.4, 0.5) is 0 Å². The van der Waals surface area contributed by atoms with Crippen LogP contribution in [-0.4, -0.2) is 10.9 Å². The van der Waals surface area contributed by atoms with Gasteiger partial charge < -0.3 is 10.7 Å². The third-order valence-electron chi connectivity index (χ3n) is 4.84. The number of benzene rings is 3. The van der Waals surface area contributed by atoms with Crippen LogP contribution in [0.3, 0.4) is 0 Å². The van der Waals surface area contributed by atoms with Crippen molar-refractivity contribution < 1.29 is 0 Å². The summed E-state index contributed by atoms with van der Waals surface area (Å²) in [5.41, 5.74) is 9.56. The molecule has 0 fully saturated rings. The Morgan fingerprint density at radius 1 is 0.909 bits per heavy atom. The van der Waals surface area contributed by atoms with Crippen molar-refractivity contribution in [1.82, 2.24) is 9.71 Å². The third-order valence-corrected chi connectivity index (χ3v) is 6.17. The highest BCUT2D eigenvalue weighted by Crippen LogP contribution is 2.31. The van der Waals surface area contributed by atoms with E-state index in [9.17, 15) is 4.79 Å². The van der Waals surface area contributed by atoms with Crippen molar-refractivity contribution in [3.8, 4) is 22.4 Å². The Labute approximate surface area is 205 Å². The molecule has 5 nitrogen and oxygen atoms in total. The topological polar surface area (TPSA) is 83.3 Å². The fraction of sp³-hybridized carbons (Fsp3) is 0.0400. The molecule has 0 aliphatic carbocycles. The fourth-order valence-electron chi connectivity index (χ4n) is 3.19. The monoisotopic (exact) mass is 494 g/mol. The molecule has 1 aromatic heterocycles. The molecule has 0 unspecified atom stereocenters. The fourth-order valence-corrected chi connectivity index (χ4v) is 4.03. The summed E-state index contributed by atoms with van der Waals surface area (Å²) in [5, 5.41) is 1.26. The molecule has 0 saturated carbocycles. The van der Waals surface area contributed by atoms with Crippen LogP contribution in [0, 0.1) is 0 Å². The summed E-state index contributed by atoms with van der Waals surface area (Å²) in [4.78, 5) is 21.2. The van der Waals surface area contributed by atoms with Crippen molar-refractivity contribution in [3.05, 3.63) is 111 Å². The Bertz CT molecular complexity index is 1320. The SMILES string of the molecule is NC(=NCc1cc(-c2ccc(Cl)cc2)c(-c2ccc(Cl)cc2)[nH]c1=O)NSc1ccccc1. The first-order chi connectivity index (χ1) is 16.0. The second-order valence-corrected chi connectivity index (χ2v) is 8.90. The molecule has 166 valence electrons. The van der Waals surface area contributed by atoms with Crippen LogP contribution in [0.1, 0.15) is 5.56 Å². The maximum absolute atomic E-state index is 12.9. The van der Waals surface area contributed by atoms with Crippen LogP contribution >= 0.6 is 35.1 Å². The molecular weight excluding hydrogens is 475 g/mol. The molecule has 0 saturated heterocycles. The largest absolute Gasteiger partial charge is 0.369 e. The quantitative estimate of drug-likeness (QED) is 0.171. The number of pyridine rings is 1. The Hall–Kier alpha value is -3.19. The lowest BCUT2D eigenvalue weighted by Crippen LogP contribution is -2.26. The number of aromatic amines is 1. The van der Waals surface area contributed by atoms with Crippen molar-refractivity contribution in [2.75, 3.05) is 0 Å². The molecule has 0 atom stereocenters. The van der Waals surface area contributed by atoms with Crippen LogP contribution in [0.25, 0.3) is 22.4 Å². The zero-order chi connectivity index (χ0) is 23.2. The van der Waals surface area contributed by atoms with E-state index < -0.39 is 0 Å². The molecule has 0 aliphatic heterocycles. The van der Waals surface area contributed by atoms with Crippen LogP contribution in [0.15, 0.2) is 99.6 Å². The normalized spacial score (nSPS) is 11.4. The third kappa shape index (κ3) is 5.99. The summed E-state index contributed by atoms with van der Waals surface area (Å²) in [5.74, 6) is 0.234. The summed E-state index contributed by atoms with van der Waals surface area (Å²) in [6.45, 7) is 0.130. The van der Waals surface area contributed by atoms with Gasteiger partial charge in [0.1, 0.15) is 0 Å². The first kappa shape index (κ1) is 23.0. The molecule has 0 aliphatic rings. The minimum atomic E-state index is -0.232. The number of nitrogens with zero attached hydrogens (tertiary/aromatic N) is 1. The highest BCUT2D eigenvalue weighted by atomic mass is 35.5. The highest BCUT2D eigenvalue weighted by molar-refractivity contribution is 7.98. The summed E-state index contributed by atoms with van der Waals surface area (Å²) >= 11 is 13.5. The number of halogens is 2. The molecule has 4 aromatic rings. The lowest BCUT2D eigenvalue weighted by Gasteiger charge is -2.12.